The molecule has 1 aliphatic heterocycles. The van der Waals surface area contributed by atoms with E-state index in [-0.39, 0.29) is 12.6 Å². The number of halogens is 3. The number of primary amides is 1. The van der Waals surface area contributed by atoms with Gasteiger partial charge in [0.25, 0.3) is 0 Å². The van der Waals surface area contributed by atoms with E-state index >= 15 is 0 Å². The second-order valence-electron chi connectivity index (χ2n) is 4.18. The molecular formula is C10H18F3N3O2. The largest absolute Gasteiger partial charge is 0.411 e. The van der Waals surface area contributed by atoms with Crippen molar-refractivity contribution in [1.29, 1.82) is 0 Å². The number of ether oxygens (including phenoxy) is 1. The fraction of sp³-hybridized carbons (Fsp3) is 0.900. The first-order valence-corrected chi connectivity index (χ1v) is 5.79. The van der Waals surface area contributed by atoms with Gasteiger partial charge in [0.05, 0.1) is 0 Å². The van der Waals surface area contributed by atoms with Gasteiger partial charge in [0.2, 0.25) is 5.91 Å². The molecule has 3 N–H and O–H groups in total. The van der Waals surface area contributed by atoms with E-state index in [1.807, 2.05) is 4.90 Å². The standard InChI is InChI=1S/C10H18F3N3O2/c11-10(12,13)7-18-5-1-3-16-4-2-15-6-8(16)9(14)17/h8,15H,1-7H2,(H2,14,17). The highest BCUT2D eigenvalue weighted by Gasteiger charge is 2.28. The maximum atomic E-state index is 11.8. The summed E-state index contributed by atoms with van der Waals surface area (Å²) in [6.07, 6.45) is -3.84. The van der Waals surface area contributed by atoms with E-state index in [9.17, 15) is 18.0 Å². The summed E-state index contributed by atoms with van der Waals surface area (Å²) >= 11 is 0. The zero-order valence-electron chi connectivity index (χ0n) is 10.0. The number of hydrogen-bond acceptors (Lipinski definition) is 4. The van der Waals surface area contributed by atoms with E-state index in [2.05, 4.69) is 10.1 Å². The highest BCUT2D eigenvalue weighted by Crippen LogP contribution is 2.14. The first-order chi connectivity index (χ1) is 8.40. The number of rotatable bonds is 6. The monoisotopic (exact) mass is 269 g/mol. The van der Waals surface area contributed by atoms with Crippen LogP contribution in [-0.2, 0) is 9.53 Å². The van der Waals surface area contributed by atoms with Crippen LogP contribution in [-0.4, -0.2) is 62.4 Å². The predicted octanol–water partition coefficient (Wildman–Crippen LogP) is -0.286. The number of hydrogen-bond donors (Lipinski definition) is 2. The second-order valence-corrected chi connectivity index (χ2v) is 4.18. The maximum Gasteiger partial charge on any atom is 0.411 e. The molecule has 0 bridgehead atoms. The summed E-state index contributed by atoms with van der Waals surface area (Å²) in [5.74, 6) is -0.418. The molecule has 1 saturated heterocycles. The van der Waals surface area contributed by atoms with Crippen molar-refractivity contribution in [3.8, 4) is 0 Å². The average molecular weight is 269 g/mol. The Labute approximate surface area is 103 Å². The normalized spacial score (nSPS) is 22.1. The third kappa shape index (κ3) is 5.65. The van der Waals surface area contributed by atoms with Crippen LogP contribution < -0.4 is 11.1 Å². The molecule has 1 aliphatic rings. The summed E-state index contributed by atoms with van der Waals surface area (Å²) in [5, 5.41) is 3.05. The SMILES string of the molecule is NC(=O)C1CNCCN1CCCOCC(F)(F)F. The maximum absolute atomic E-state index is 11.8. The lowest BCUT2D eigenvalue weighted by Gasteiger charge is -2.34. The van der Waals surface area contributed by atoms with Crippen LogP contribution in [0.3, 0.4) is 0 Å². The van der Waals surface area contributed by atoms with E-state index in [1.165, 1.54) is 0 Å². The van der Waals surface area contributed by atoms with Crippen LogP contribution in [0, 0.1) is 0 Å². The van der Waals surface area contributed by atoms with Crippen molar-refractivity contribution < 1.29 is 22.7 Å². The number of nitrogens with zero attached hydrogens (tertiary/aromatic N) is 1. The average Bonchev–Trinajstić information content (AvgIpc) is 2.27. The number of nitrogens with one attached hydrogen (secondary N) is 1. The highest BCUT2D eigenvalue weighted by molar-refractivity contribution is 5.80. The Morgan fingerprint density at radius 3 is 2.83 bits per heavy atom. The molecule has 5 nitrogen and oxygen atoms in total. The molecule has 0 aromatic rings. The quantitative estimate of drug-likeness (QED) is 0.651. The minimum Gasteiger partial charge on any atom is -0.372 e. The molecule has 0 aromatic heterocycles. The van der Waals surface area contributed by atoms with Crippen LogP contribution in [0.2, 0.25) is 0 Å². The zero-order valence-corrected chi connectivity index (χ0v) is 10.0. The minimum atomic E-state index is -4.29. The smallest absolute Gasteiger partial charge is 0.372 e. The molecule has 106 valence electrons. The van der Waals surface area contributed by atoms with Gasteiger partial charge in [-0.1, -0.05) is 0 Å². The van der Waals surface area contributed by atoms with Crippen molar-refractivity contribution in [1.82, 2.24) is 10.2 Å². The Balaban J connectivity index is 2.19. The Bertz CT molecular complexity index is 274. The first kappa shape index (κ1) is 15.2. The van der Waals surface area contributed by atoms with E-state index in [0.29, 0.717) is 26.1 Å². The predicted molar refractivity (Wildman–Crippen MR) is 58.9 cm³/mol. The van der Waals surface area contributed by atoms with Gasteiger partial charge in [-0.2, -0.15) is 13.2 Å². The van der Waals surface area contributed by atoms with Crippen molar-refractivity contribution >= 4 is 5.91 Å². The molecule has 0 spiro atoms. The van der Waals surface area contributed by atoms with E-state index in [4.69, 9.17) is 5.73 Å². The van der Waals surface area contributed by atoms with Crippen LogP contribution in [0.4, 0.5) is 13.2 Å². The lowest BCUT2D eigenvalue weighted by atomic mass is 10.1. The van der Waals surface area contributed by atoms with E-state index in [0.717, 1.165) is 6.54 Å². The van der Waals surface area contributed by atoms with Crippen molar-refractivity contribution in [3.63, 3.8) is 0 Å². The Hall–Kier alpha value is -0.860. The van der Waals surface area contributed by atoms with Crippen molar-refractivity contribution in [2.45, 2.75) is 18.6 Å². The molecule has 8 heteroatoms. The Morgan fingerprint density at radius 1 is 1.50 bits per heavy atom. The summed E-state index contributed by atoms with van der Waals surface area (Å²) in [6, 6.07) is -0.388. The summed E-state index contributed by atoms with van der Waals surface area (Å²) < 4.78 is 39.9. The van der Waals surface area contributed by atoms with Crippen molar-refractivity contribution in [2.75, 3.05) is 39.4 Å². The van der Waals surface area contributed by atoms with Crippen LogP contribution in [0.15, 0.2) is 0 Å². The van der Waals surface area contributed by atoms with Gasteiger partial charge in [0.15, 0.2) is 0 Å². The molecule has 1 amide bonds. The van der Waals surface area contributed by atoms with Gasteiger partial charge in [0, 0.05) is 32.8 Å². The molecule has 0 aliphatic carbocycles. The minimum absolute atomic E-state index is 0.0227. The number of piperazine rings is 1. The van der Waals surface area contributed by atoms with E-state index in [1.54, 1.807) is 0 Å². The first-order valence-electron chi connectivity index (χ1n) is 5.79. The summed E-state index contributed by atoms with van der Waals surface area (Å²) in [7, 11) is 0. The third-order valence-corrected chi connectivity index (χ3v) is 2.68. The van der Waals surface area contributed by atoms with Gasteiger partial charge < -0.3 is 15.8 Å². The molecule has 1 atom stereocenters. The molecule has 0 aromatic carbocycles. The molecule has 0 radical (unpaired) electrons. The summed E-state index contributed by atoms with van der Waals surface area (Å²) in [6.45, 7) is 1.19. The highest BCUT2D eigenvalue weighted by atomic mass is 19.4. The van der Waals surface area contributed by atoms with Gasteiger partial charge in [-0.25, -0.2) is 0 Å². The molecule has 18 heavy (non-hydrogen) atoms. The topological polar surface area (TPSA) is 67.6 Å². The van der Waals surface area contributed by atoms with Gasteiger partial charge in [-0.3, -0.25) is 9.69 Å². The van der Waals surface area contributed by atoms with Crippen molar-refractivity contribution in [3.05, 3.63) is 0 Å². The van der Waals surface area contributed by atoms with Gasteiger partial charge in [-0.15, -0.1) is 0 Å². The lowest BCUT2D eigenvalue weighted by Crippen LogP contribution is -2.57. The summed E-state index contributed by atoms with van der Waals surface area (Å²) in [4.78, 5) is 13.0. The molecule has 1 fully saturated rings. The van der Waals surface area contributed by atoms with Crippen LogP contribution in [0.25, 0.3) is 0 Å². The van der Waals surface area contributed by atoms with E-state index < -0.39 is 18.7 Å². The molecular weight excluding hydrogens is 251 g/mol. The number of amides is 1. The third-order valence-electron chi connectivity index (χ3n) is 2.68. The Morgan fingerprint density at radius 2 is 2.22 bits per heavy atom. The van der Waals surface area contributed by atoms with Gasteiger partial charge >= 0.3 is 6.18 Å². The lowest BCUT2D eigenvalue weighted by molar-refractivity contribution is -0.174. The molecule has 0 saturated carbocycles. The fourth-order valence-electron chi connectivity index (χ4n) is 1.85. The number of alkyl halides is 3. The molecule has 1 rings (SSSR count). The fourth-order valence-corrected chi connectivity index (χ4v) is 1.85. The number of carbonyl (C=O) groups is 1. The second kappa shape index (κ2) is 6.91. The van der Waals surface area contributed by atoms with Crippen LogP contribution in [0.5, 0.6) is 0 Å². The number of nitrogens with two attached hydrogens (primary N) is 1. The summed E-state index contributed by atoms with van der Waals surface area (Å²) in [5.41, 5.74) is 5.24. The van der Waals surface area contributed by atoms with Gasteiger partial charge in [-0.05, 0) is 6.42 Å². The molecule has 1 heterocycles. The van der Waals surface area contributed by atoms with Gasteiger partial charge in [0.1, 0.15) is 12.6 Å². The van der Waals surface area contributed by atoms with Crippen molar-refractivity contribution in [2.24, 2.45) is 5.73 Å². The molecule has 1 unspecified atom stereocenters. The van der Waals surface area contributed by atoms with Crippen LogP contribution >= 0.6 is 0 Å². The van der Waals surface area contributed by atoms with Crippen LogP contribution in [0.1, 0.15) is 6.42 Å². The number of carbonyl (C=O) groups excluding carboxylic acids is 1. The Kier molecular flexibility index (Phi) is 5.83. The zero-order chi connectivity index (χ0) is 13.6.